The van der Waals surface area contributed by atoms with Gasteiger partial charge in [0, 0.05) is 23.1 Å². The van der Waals surface area contributed by atoms with Gasteiger partial charge >= 0.3 is 0 Å². The number of para-hydroxylation sites is 1. The van der Waals surface area contributed by atoms with E-state index in [0.717, 1.165) is 22.3 Å². The molecule has 3 nitrogen and oxygen atoms in total. The van der Waals surface area contributed by atoms with E-state index in [0.29, 0.717) is 24.5 Å². The van der Waals surface area contributed by atoms with Crippen LogP contribution in [0.5, 0.6) is 11.5 Å². The molecule has 22 heavy (non-hydrogen) atoms. The normalized spacial score (nSPS) is 15.0. The van der Waals surface area contributed by atoms with Crippen LogP contribution in [-0.2, 0) is 6.42 Å². The van der Waals surface area contributed by atoms with E-state index < -0.39 is 0 Å². The molecule has 0 fully saturated rings. The van der Waals surface area contributed by atoms with Crippen molar-refractivity contribution in [1.82, 2.24) is 0 Å². The minimum atomic E-state index is 0.0967. The zero-order chi connectivity index (χ0) is 15.5. The van der Waals surface area contributed by atoms with Crippen molar-refractivity contribution in [1.29, 1.82) is 0 Å². The quantitative estimate of drug-likeness (QED) is 0.802. The highest BCUT2D eigenvalue weighted by molar-refractivity contribution is 6.15. The van der Waals surface area contributed by atoms with Gasteiger partial charge in [-0.1, -0.05) is 36.4 Å². The lowest BCUT2D eigenvalue weighted by Gasteiger charge is -2.12. The average molecular weight is 294 g/mol. The van der Waals surface area contributed by atoms with Crippen LogP contribution in [0.2, 0.25) is 0 Å². The van der Waals surface area contributed by atoms with Gasteiger partial charge in [0.15, 0.2) is 17.3 Å². The summed E-state index contributed by atoms with van der Waals surface area (Å²) >= 11 is 0. The van der Waals surface area contributed by atoms with E-state index in [4.69, 9.17) is 9.47 Å². The van der Waals surface area contributed by atoms with Gasteiger partial charge < -0.3 is 9.47 Å². The van der Waals surface area contributed by atoms with Crippen LogP contribution in [-0.4, -0.2) is 19.5 Å². The van der Waals surface area contributed by atoms with Crippen LogP contribution < -0.4 is 9.47 Å². The number of hydrogen-bond donors (Lipinski definition) is 0. The number of ether oxygens (including phenoxy) is 2. The fraction of sp³-hybridized carbons (Fsp3) is 0.211. The standard InChI is InChI=1S/C19H18O3/c1-3-22-17-10-6-8-14(19(17)21-2)12-15-11-13-7-4-5-9-16(13)18(15)20/h4-10,12H,3,11H2,1-2H3/b15-12+. The fourth-order valence-electron chi connectivity index (χ4n) is 2.79. The van der Waals surface area contributed by atoms with E-state index >= 15 is 0 Å². The molecule has 0 aromatic heterocycles. The first-order valence-electron chi connectivity index (χ1n) is 7.37. The summed E-state index contributed by atoms with van der Waals surface area (Å²) in [5, 5.41) is 0. The van der Waals surface area contributed by atoms with Gasteiger partial charge in [-0.3, -0.25) is 4.79 Å². The summed E-state index contributed by atoms with van der Waals surface area (Å²) < 4.78 is 11.1. The van der Waals surface area contributed by atoms with Gasteiger partial charge in [-0.25, -0.2) is 0 Å². The van der Waals surface area contributed by atoms with Crippen LogP contribution in [0, 0.1) is 0 Å². The fourth-order valence-corrected chi connectivity index (χ4v) is 2.79. The summed E-state index contributed by atoms with van der Waals surface area (Å²) in [7, 11) is 1.62. The van der Waals surface area contributed by atoms with Gasteiger partial charge in [-0.05, 0) is 24.6 Å². The third kappa shape index (κ3) is 2.50. The molecule has 1 aliphatic rings. The lowest BCUT2D eigenvalue weighted by Crippen LogP contribution is -1.98. The number of ketones is 1. The Balaban J connectivity index is 2.00. The molecule has 0 saturated heterocycles. The minimum Gasteiger partial charge on any atom is -0.492 e. The van der Waals surface area contributed by atoms with Crippen LogP contribution in [0.1, 0.15) is 28.4 Å². The van der Waals surface area contributed by atoms with Crippen molar-refractivity contribution in [3.63, 3.8) is 0 Å². The van der Waals surface area contributed by atoms with E-state index in [1.54, 1.807) is 7.11 Å². The molecule has 112 valence electrons. The molecule has 0 saturated carbocycles. The summed E-state index contributed by atoms with van der Waals surface area (Å²) in [5.41, 5.74) is 3.53. The number of rotatable bonds is 4. The molecule has 0 bridgehead atoms. The molecule has 0 amide bonds. The van der Waals surface area contributed by atoms with Crippen molar-refractivity contribution in [2.24, 2.45) is 0 Å². The number of fused-ring (bicyclic) bond motifs is 1. The Morgan fingerprint density at radius 2 is 1.95 bits per heavy atom. The van der Waals surface area contributed by atoms with Crippen molar-refractivity contribution in [2.45, 2.75) is 13.3 Å². The van der Waals surface area contributed by atoms with Gasteiger partial charge in [0.2, 0.25) is 0 Å². The number of hydrogen-bond acceptors (Lipinski definition) is 3. The van der Waals surface area contributed by atoms with Crippen molar-refractivity contribution in [2.75, 3.05) is 13.7 Å². The number of methoxy groups -OCH3 is 1. The molecule has 0 N–H and O–H groups in total. The Hall–Kier alpha value is -2.55. The number of allylic oxidation sites excluding steroid dienone is 1. The third-order valence-electron chi connectivity index (χ3n) is 3.78. The van der Waals surface area contributed by atoms with E-state index in [9.17, 15) is 4.79 Å². The molecule has 3 rings (SSSR count). The zero-order valence-corrected chi connectivity index (χ0v) is 12.8. The molecule has 2 aromatic carbocycles. The lowest BCUT2D eigenvalue weighted by atomic mass is 10.1. The highest BCUT2D eigenvalue weighted by atomic mass is 16.5. The molecule has 1 aliphatic carbocycles. The topological polar surface area (TPSA) is 35.5 Å². The van der Waals surface area contributed by atoms with E-state index in [2.05, 4.69) is 0 Å². The SMILES string of the molecule is CCOc1cccc(/C=C2\Cc3ccccc3C2=O)c1OC. The molecule has 0 heterocycles. The largest absolute Gasteiger partial charge is 0.492 e. The molecule has 3 heteroatoms. The molecule has 0 spiro atoms. The van der Waals surface area contributed by atoms with Gasteiger partial charge in [0.1, 0.15) is 0 Å². The summed E-state index contributed by atoms with van der Waals surface area (Å²) in [6.45, 7) is 2.50. The molecular weight excluding hydrogens is 276 g/mol. The minimum absolute atomic E-state index is 0.0967. The molecule has 2 aromatic rings. The van der Waals surface area contributed by atoms with Gasteiger partial charge in [-0.15, -0.1) is 0 Å². The smallest absolute Gasteiger partial charge is 0.189 e. The van der Waals surface area contributed by atoms with Gasteiger partial charge in [-0.2, -0.15) is 0 Å². The number of benzene rings is 2. The summed E-state index contributed by atoms with van der Waals surface area (Å²) in [5.74, 6) is 1.46. The Bertz CT molecular complexity index is 744. The molecular formula is C19H18O3. The van der Waals surface area contributed by atoms with Crippen LogP contribution in [0.3, 0.4) is 0 Å². The number of carbonyl (C=O) groups excluding carboxylic acids is 1. The number of carbonyl (C=O) groups is 1. The van der Waals surface area contributed by atoms with Crippen molar-refractivity contribution in [3.05, 3.63) is 64.7 Å². The maximum atomic E-state index is 12.5. The maximum absolute atomic E-state index is 12.5. The summed E-state index contributed by atoms with van der Waals surface area (Å²) in [6.07, 6.45) is 2.57. The molecule has 0 radical (unpaired) electrons. The zero-order valence-electron chi connectivity index (χ0n) is 12.8. The maximum Gasteiger partial charge on any atom is 0.189 e. The Morgan fingerprint density at radius 1 is 1.14 bits per heavy atom. The van der Waals surface area contributed by atoms with Gasteiger partial charge in [0.05, 0.1) is 13.7 Å². The summed E-state index contributed by atoms with van der Waals surface area (Å²) in [6, 6.07) is 13.5. The second-order valence-corrected chi connectivity index (χ2v) is 5.14. The highest BCUT2D eigenvalue weighted by Crippen LogP contribution is 2.35. The average Bonchev–Trinajstić information content (AvgIpc) is 2.85. The first-order chi connectivity index (χ1) is 10.7. The predicted molar refractivity (Wildman–Crippen MR) is 86.6 cm³/mol. The first kappa shape index (κ1) is 14.4. The van der Waals surface area contributed by atoms with Crippen LogP contribution in [0.25, 0.3) is 6.08 Å². The Kier molecular flexibility index (Phi) is 3.96. The summed E-state index contributed by atoms with van der Waals surface area (Å²) in [4.78, 5) is 12.5. The lowest BCUT2D eigenvalue weighted by molar-refractivity contribution is 0.104. The van der Waals surface area contributed by atoms with E-state index in [-0.39, 0.29) is 5.78 Å². The highest BCUT2D eigenvalue weighted by Gasteiger charge is 2.24. The molecule has 0 atom stereocenters. The number of Topliss-reactive ketones (excluding diaryl/α,β-unsaturated/α-hetero) is 1. The van der Waals surface area contributed by atoms with E-state index in [1.807, 2.05) is 55.5 Å². The van der Waals surface area contributed by atoms with Gasteiger partial charge in [0.25, 0.3) is 0 Å². The first-order valence-corrected chi connectivity index (χ1v) is 7.37. The van der Waals surface area contributed by atoms with Crippen LogP contribution in [0.15, 0.2) is 48.0 Å². The van der Waals surface area contributed by atoms with Crippen molar-refractivity contribution < 1.29 is 14.3 Å². The van der Waals surface area contributed by atoms with Crippen LogP contribution in [0.4, 0.5) is 0 Å². The van der Waals surface area contributed by atoms with Crippen molar-refractivity contribution in [3.8, 4) is 11.5 Å². The van der Waals surface area contributed by atoms with Crippen molar-refractivity contribution >= 4 is 11.9 Å². The van der Waals surface area contributed by atoms with E-state index in [1.165, 1.54) is 0 Å². The van der Waals surface area contributed by atoms with Crippen LogP contribution >= 0.6 is 0 Å². The molecule has 0 unspecified atom stereocenters. The predicted octanol–water partition coefficient (Wildman–Crippen LogP) is 3.92. The second-order valence-electron chi connectivity index (χ2n) is 5.14. The molecule has 0 aliphatic heterocycles. The Labute approximate surface area is 130 Å². The second kappa shape index (κ2) is 6.06. The third-order valence-corrected chi connectivity index (χ3v) is 3.78. The monoisotopic (exact) mass is 294 g/mol. The Morgan fingerprint density at radius 3 is 2.68 bits per heavy atom.